The van der Waals surface area contributed by atoms with Crippen molar-refractivity contribution in [1.82, 2.24) is 0 Å². The van der Waals surface area contributed by atoms with Gasteiger partial charge < -0.3 is 0 Å². The molecule has 4 nitrogen and oxygen atoms in total. The summed E-state index contributed by atoms with van der Waals surface area (Å²) in [7, 11) is 0. The van der Waals surface area contributed by atoms with E-state index in [0.29, 0.717) is 5.56 Å². The van der Waals surface area contributed by atoms with Gasteiger partial charge in [-0.2, -0.15) is 5.26 Å². The van der Waals surface area contributed by atoms with Gasteiger partial charge in [-0.3, -0.25) is 10.1 Å². The molecule has 0 aromatic heterocycles. The number of nitrogens with zero attached hydrogens (tertiary/aromatic N) is 2. The molecule has 0 saturated carbocycles. The SMILES string of the molecule is [CH2]C(C)c1cccc([N+](=O)[O-])c1C#N. The number of nitro groups is 1. The van der Waals surface area contributed by atoms with Crippen molar-refractivity contribution in [2.45, 2.75) is 12.8 Å². The Bertz CT molecular complexity index is 405. The van der Waals surface area contributed by atoms with Crippen LogP contribution in [0.3, 0.4) is 0 Å². The molecule has 0 bridgehead atoms. The molecule has 0 aliphatic rings. The fourth-order valence-corrected chi connectivity index (χ4v) is 1.24. The lowest BCUT2D eigenvalue weighted by Crippen LogP contribution is -1.98. The summed E-state index contributed by atoms with van der Waals surface area (Å²) in [6, 6.07) is 6.42. The summed E-state index contributed by atoms with van der Waals surface area (Å²) in [4.78, 5) is 10.0. The van der Waals surface area contributed by atoms with Gasteiger partial charge in [-0.1, -0.05) is 19.1 Å². The van der Waals surface area contributed by atoms with E-state index in [-0.39, 0.29) is 17.2 Å². The van der Waals surface area contributed by atoms with Gasteiger partial charge in [0.05, 0.1) is 4.92 Å². The predicted molar refractivity (Wildman–Crippen MR) is 51.6 cm³/mol. The first-order chi connectivity index (χ1) is 6.57. The normalized spacial score (nSPS) is 9.86. The number of nitro benzene ring substituents is 1. The van der Waals surface area contributed by atoms with Gasteiger partial charge in [0.25, 0.3) is 5.69 Å². The second kappa shape index (κ2) is 3.88. The summed E-state index contributed by atoms with van der Waals surface area (Å²) in [6.07, 6.45) is 0. The summed E-state index contributed by atoms with van der Waals surface area (Å²) in [5, 5.41) is 19.4. The molecule has 1 unspecified atom stereocenters. The Kier molecular flexibility index (Phi) is 2.82. The standard InChI is InChI=1S/C10H9N2O2/c1-7(2)8-4-3-5-10(12(13)14)9(8)6-11/h3-5,7H,1H2,2H3. The number of hydrogen-bond donors (Lipinski definition) is 0. The molecule has 0 aliphatic heterocycles. The van der Waals surface area contributed by atoms with Gasteiger partial charge in [-0.05, 0) is 18.4 Å². The zero-order valence-electron chi connectivity index (χ0n) is 7.73. The average molecular weight is 189 g/mol. The zero-order valence-corrected chi connectivity index (χ0v) is 7.73. The van der Waals surface area contributed by atoms with Gasteiger partial charge in [0, 0.05) is 6.07 Å². The van der Waals surface area contributed by atoms with Crippen LogP contribution in [-0.2, 0) is 0 Å². The molecule has 0 spiro atoms. The largest absolute Gasteiger partial charge is 0.287 e. The highest BCUT2D eigenvalue weighted by molar-refractivity contribution is 5.54. The molecule has 71 valence electrons. The van der Waals surface area contributed by atoms with Gasteiger partial charge in [0.15, 0.2) is 0 Å². The van der Waals surface area contributed by atoms with Gasteiger partial charge in [0.1, 0.15) is 11.6 Å². The highest BCUT2D eigenvalue weighted by atomic mass is 16.6. The zero-order chi connectivity index (χ0) is 10.7. The summed E-state index contributed by atoms with van der Waals surface area (Å²) in [5.74, 6) is -0.135. The smallest absolute Gasteiger partial charge is 0.258 e. The minimum Gasteiger partial charge on any atom is -0.258 e. The van der Waals surface area contributed by atoms with Crippen molar-refractivity contribution in [2.24, 2.45) is 0 Å². The number of benzene rings is 1. The summed E-state index contributed by atoms with van der Waals surface area (Å²) in [5.41, 5.74) is 0.571. The predicted octanol–water partition coefficient (Wildman–Crippen LogP) is 2.40. The highest BCUT2D eigenvalue weighted by Crippen LogP contribution is 2.26. The van der Waals surface area contributed by atoms with E-state index in [9.17, 15) is 10.1 Å². The Balaban J connectivity index is 3.42. The van der Waals surface area contributed by atoms with Gasteiger partial charge in [0.2, 0.25) is 0 Å². The van der Waals surface area contributed by atoms with Gasteiger partial charge in [-0.25, -0.2) is 0 Å². The molecule has 1 aromatic rings. The molecule has 1 aromatic carbocycles. The van der Waals surface area contributed by atoms with E-state index >= 15 is 0 Å². The summed E-state index contributed by atoms with van der Waals surface area (Å²) in [6.45, 7) is 5.54. The van der Waals surface area contributed by atoms with E-state index in [2.05, 4.69) is 6.92 Å². The molecule has 1 rings (SSSR count). The molecule has 1 atom stereocenters. The lowest BCUT2D eigenvalue weighted by molar-refractivity contribution is -0.385. The number of nitriles is 1. The average Bonchev–Trinajstić information content (AvgIpc) is 2.16. The van der Waals surface area contributed by atoms with Crippen molar-refractivity contribution in [1.29, 1.82) is 5.26 Å². The van der Waals surface area contributed by atoms with Gasteiger partial charge >= 0.3 is 0 Å². The minimum absolute atomic E-state index is 0.111. The van der Waals surface area contributed by atoms with Crippen LogP contribution in [0.5, 0.6) is 0 Å². The summed E-state index contributed by atoms with van der Waals surface area (Å²) < 4.78 is 0. The second-order valence-corrected chi connectivity index (χ2v) is 3.01. The van der Waals surface area contributed by atoms with E-state index in [0.717, 1.165) is 0 Å². The third kappa shape index (κ3) is 1.72. The van der Waals surface area contributed by atoms with Crippen LogP contribution in [0.4, 0.5) is 5.69 Å². The van der Waals surface area contributed by atoms with E-state index in [1.165, 1.54) is 6.07 Å². The van der Waals surface area contributed by atoms with Crippen molar-refractivity contribution in [3.05, 3.63) is 46.4 Å². The van der Waals surface area contributed by atoms with Gasteiger partial charge in [-0.15, -0.1) is 0 Å². The van der Waals surface area contributed by atoms with Crippen LogP contribution in [0.25, 0.3) is 0 Å². The van der Waals surface area contributed by atoms with Crippen LogP contribution in [0, 0.1) is 28.4 Å². The molecule has 14 heavy (non-hydrogen) atoms. The second-order valence-electron chi connectivity index (χ2n) is 3.01. The Morgan fingerprint density at radius 3 is 2.71 bits per heavy atom. The highest BCUT2D eigenvalue weighted by Gasteiger charge is 2.18. The lowest BCUT2D eigenvalue weighted by atomic mass is 9.97. The Morgan fingerprint density at radius 2 is 2.29 bits per heavy atom. The first-order valence-electron chi connectivity index (χ1n) is 4.08. The quantitative estimate of drug-likeness (QED) is 0.530. The molecular formula is C10H9N2O2. The Morgan fingerprint density at radius 1 is 1.64 bits per heavy atom. The van der Waals surface area contributed by atoms with Crippen LogP contribution < -0.4 is 0 Å². The Labute approximate surface area is 81.9 Å². The topological polar surface area (TPSA) is 66.9 Å². The molecule has 0 amide bonds. The van der Waals surface area contributed by atoms with E-state index < -0.39 is 4.92 Å². The number of rotatable bonds is 2. The minimum atomic E-state index is -0.551. The van der Waals surface area contributed by atoms with Crippen molar-refractivity contribution < 1.29 is 4.92 Å². The first-order valence-corrected chi connectivity index (χ1v) is 4.08. The molecule has 0 heterocycles. The van der Waals surface area contributed by atoms with E-state index in [4.69, 9.17) is 5.26 Å². The van der Waals surface area contributed by atoms with E-state index in [1.807, 2.05) is 6.07 Å². The maximum absolute atomic E-state index is 10.6. The number of hydrogen-bond acceptors (Lipinski definition) is 3. The lowest BCUT2D eigenvalue weighted by Gasteiger charge is -2.06. The molecule has 0 N–H and O–H groups in total. The van der Waals surface area contributed by atoms with Crippen molar-refractivity contribution in [3.8, 4) is 6.07 Å². The van der Waals surface area contributed by atoms with Crippen molar-refractivity contribution >= 4 is 5.69 Å². The Hall–Kier alpha value is -1.89. The van der Waals surface area contributed by atoms with Crippen molar-refractivity contribution in [3.63, 3.8) is 0 Å². The summed E-state index contributed by atoms with van der Waals surface area (Å²) >= 11 is 0. The van der Waals surface area contributed by atoms with Crippen molar-refractivity contribution in [2.75, 3.05) is 0 Å². The van der Waals surface area contributed by atoms with Crippen LogP contribution >= 0.6 is 0 Å². The third-order valence-corrected chi connectivity index (χ3v) is 1.91. The fourth-order valence-electron chi connectivity index (χ4n) is 1.24. The molecule has 0 saturated heterocycles. The molecule has 0 aliphatic carbocycles. The molecule has 0 fully saturated rings. The maximum Gasteiger partial charge on any atom is 0.287 e. The van der Waals surface area contributed by atoms with E-state index in [1.54, 1.807) is 19.1 Å². The first kappa shape index (κ1) is 10.2. The van der Waals surface area contributed by atoms with Crippen LogP contribution in [0.15, 0.2) is 18.2 Å². The monoisotopic (exact) mass is 189 g/mol. The molecule has 1 radical (unpaired) electrons. The maximum atomic E-state index is 10.6. The fraction of sp³-hybridized carbons (Fsp3) is 0.200. The molecular weight excluding hydrogens is 180 g/mol. The molecule has 4 heteroatoms. The third-order valence-electron chi connectivity index (χ3n) is 1.91. The van der Waals surface area contributed by atoms with Crippen LogP contribution in [-0.4, -0.2) is 4.92 Å². The van der Waals surface area contributed by atoms with Crippen LogP contribution in [0.1, 0.15) is 24.0 Å². The van der Waals surface area contributed by atoms with Crippen LogP contribution in [0.2, 0.25) is 0 Å².